The quantitative estimate of drug-likeness (QED) is 0.695. The monoisotopic (exact) mass is 258 g/mol. The molecule has 6 nitrogen and oxygen atoms in total. The van der Waals surface area contributed by atoms with E-state index in [4.69, 9.17) is 10.2 Å². The van der Waals surface area contributed by atoms with Crippen LogP contribution in [0, 0.1) is 0 Å². The lowest BCUT2D eigenvalue weighted by atomic mass is 9.98. The Morgan fingerprint density at radius 1 is 1.33 bits per heavy atom. The van der Waals surface area contributed by atoms with E-state index in [-0.39, 0.29) is 31.1 Å². The maximum Gasteiger partial charge on any atom is 0.326 e. The fourth-order valence-corrected chi connectivity index (χ4v) is 2.43. The molecule has 1 fully saturated rings. The summed E-state index contributed by atoms with van der Waals surface area (Å²) in [5.74, 6) is -1.12. The van der Waals surface area contributed by atoms with Gasteiger partial charge in [0.1, 0.15) is 6.04 Å². The van der Waals surface area contributed by atoms with Gasteiger partial charge < -0.3 is 20.4 Å². The Morgan fingerprint density at radius 2 is 1.89 bits per heavy atom. The lowest BCUT2D eigenvalue weighted by molar-refractivity contribution is -0.139. The second-order valence-electron chi connectivity index (χ2n) is 4.89. The smallest absolute Gasteiger partial charge is 0.326 e. The molecule has 0 aromatic heterocycles. The van der Waals surface area contributed by atoms with Crippen LogP contribution in [0.4, 0.5) is 4.79 Å². The van der Waals surface area contributed by atoms with Crippen molar-refractivity contribution in [2.45, 2.75) is 57.7 Å². The fourth-order valence-electron chi connectivity index (χ4n) is 2.43. The number of carbonyl (C=O) groups excluding carboxylic acids is 1. The molecule has 3 atom stereocenters. The first-order valence-corrected chi connectivity index (χ1v) is 6.39. The minimum Gasteiger partial charge on any atom is -0.480 e. The minimum atomic E-state index is -1.12. The Balaban J connectivity index is 2.64. The Kier molecular flexibility index (Phi) is 5.40. The molecule has 3 N–H and O–H groups in total. The number of carbonyl (C=O) groups is 2. The van der Waals surface area contributed by atoms with E-state index in [9.17, 15) is 9.59 Å². The number of urea groups is 1. The molecular weight excluding hydrogens is 236 g/mol. The van der Waals surface area contributed by atoms with Crippen LogP contribution in [0.2, 0.25) is 0 Å². The van der Waals surface area contributed by atoms with E-state index in [2.05, 4.69) is 5.32 Å². The van der Waals surface area contributed by atoms with Crippen molar-refractivity contribution >= 4 is 12.0 Å². The summed E-state index contributed by atoms with van der Waals surface area (Å²) in [6, 6.07) is -1.13. The number of amides is 2. The van der Waals surface area contributed by atoms with E-state index in [1.54, 1.807) is 4.90 Å². The number of rotatable bonds is 4. The molecule has 6 heteroatoms. The van der Waals surface area contributed by atoms with Crippen LogP contribution in [0.5, 0.6) is 0 Å². The van der Waals surface area contributed by atoms with Gasteiger partial charge in [-0.1, -0.05) is 0 Å². The summed E-state index contributed by atoms with van der Waals surface area (Å²) in [4.78, 5) is 24.7. The number of hydrogen-bond acceptors (Lipinski definition) is 3. The van der Waals surface area contributed by atoms with E-state index in [1.807, 2.05) is 13.8 Å². The van der Waals surface area contributed by atoms with Gasteiger partial charge in [-0.3, -0.25) is 0 Å². The van der Waals surface area contributed by atoms with Crippen LogP contribution >= 0.6 is 0 Å². The number of likely N-dealkylation sites (tertiary alicyclic amines) is 1. The van der Waals surface area contributed by atoms with Gasteiger partial charge in [0.2, 0.25) is 0 Å². The molecule has 0 aromatic carbocycles. The number of aliphatic hydroxyl groups excluding tert-OH is 1. The van der Waals surface area contributed by atoms with E-state index in [0.717, 1.165) is 19.3 Å². The summed E-state index contributed by atoms with van der Waals surface area (Å²) in [7, 11) is 0. The molecule has 0 spiro atoms. The third-order valence-electron chi connectivity index (χ3n) is 3.44. The summed E-state index contributed by atoms with van der Waals surface area (Å²) in [6.07, 6.45) is 2.99. The molecule has 0 radical (unpaired) electrons. The second kappa shape index (κ2) is 6.58. The molecule has 0 aromatic rings. The van der Waals surface area contributed by atoms with Crippen molar-refractivity contribution in [3.63, 3.8) is 0 Å². The zero-order valence-corrected chi connectivity index (χ0v) is 10.9. The number of carboxylic acid groups (broad SMARTS) is 1. The lowest BCUT2D eigenvalue weighted by Crippen LogP contribution is -2.55. The SMILES string of the molecule is CC1CCCC(C)N1C(=O)NC(CCO)C(=O)O. The predicted octanol–water partition coefficient (Wildman–Crippen LogP) is 0.794. The molecule has 1 saturated heterocycles. The topological polar surface area (TPSA) is 89.9 Å². The molecule has 1 heterocycles. The molecule has 0 aliphatic carbocycles. The number of carboxylic acids is 1. The standard InChI is InChI=1S/C12H22N2O4/c1-8-4-3-5-9(2)14(8)12(18)13-10(6-7-15)11(16)17/h8-10,15H,3-7H2,1-2H3,(H,13,18)(H,16,17). The van der Waals surface area contributed by atoms with Crippen molar-refractivity contribution in [1.29, 1.82) is 0 Å². The van der Waals surface area contributed by atoms with E-state index in [0.29, 0.717) is 0 Å². The Bertz CT molecular complexity index is 298. The molecule has 2 amide bonds. The van der Waals surface area contributed by atoms with Gasteiger partial charge in [-0.15, -0.1) is 0 Å². The Morgan fingerprint density at radius 3 is 2.33 bits per heavy atom. The van der Waals surface area contributed by atoms with Crippen LogP contribution in [0.3, 0.4) is 0 Å². The second-order valence-corrected chi connectivity index (χ2v) is 4.89. The van der Waals surface area contributed by atoms with Gasteiger partial charge in [-0.25, -0.2) is 9.59 Å². The van der Waals surface area contributed by atoms with Gasteiger partial charge in [-0.2, -0.15) is 0 Å². The van der Waals surface area contributed by atoms with Crippen molar-refractivity contribution in [3.8, 4) is 0 Å². The van der Waals surface area contributed by atoms with E-state index < -0.39 is 12.0 Å². The van der Waals surface area contributed by atoms with Crippen LogP contribution in [0.15, 0.2) is 0 Å². The van der Waals surface area contributed by atoms with Gasteiger partial charge >= 0.3 is 12.0 Å². The molecule has 1 aliphatic rings. The molecular formula is C12H22N2O4. The normalized spacial score (nSPS) is 25.6. The summed E-state index contributed by atoms with van der Waals surface area (Å²) < 4.78 is 0. The molecule has 1 rings (SSSR count). The number of aliphatic hydroxyl groups is 1. The number of aliphatic carboxylic acids is 1. The summed E-state index contributed by atoms with van der Waals surface area (Å²) in [5.41, 5.74) is 0. The summed E-state index contributed by atoms with van der Waals surface area (Å²) in [6.45, 7) is 3.68. The largest absolute Gasteiger partial charge is 0.480 e. The zero-order chi connectivity index (χ0) is 13.7. The molecule has 0 saturated carbocycles. The molecule has 104 valence electrons. The highest BCUT2D eigenvalue weighted by Crippen LogP contribution is 2.22. The first-order chi connectivity index (χ1) is 8.47. The lowest BCUT2D eigenvalue weighted by Gasteiger charge is -2.39. The zero-order valence-electron chi connectivity index (χ0n) is 10.9. The van der Waals surface area contributed by atoms with Crippen molar-refractivity contribution in [3.05, 3.63) is 0 Å². The van der Waals surface area contributed by atoms with Gasteiger partial charge in [0.25, 0.3) is 0 Å². The highest BCUT2D eigenvalue weighted by Gasteiger charge is 2.31. The number of hydrogen-bond donors (Lipinski definition) is 3. The number of nitrogens with zero attached hydrogens (tertiary/aromatic N) is 1. The third kappa shape index (κ3) is 3.60. The van der Waals surface area contributed by atoms with Crippen LogP contribution in [-0.4, -0.2) is 51.8 Å². The maximum atomic E-state index is 12.1. The van der Waals surface area contributed by atoms with Crippen LogP contribution < -0.4 is 5.32 Å². The minimum absolute atomic E-state index is 0.0255. The van der Waals surface area contributed by atoms with E-state index in [1.165, 1.54) is 0 Å². The van der Waals surface area contributed by atoms with Gasteiger partial charge in [0, 0.05) is 25.1 Å². The highest BCUT2D eigenvalue weighted by atomic mass is 16.4. The summed E-state index contributed by atoms with van der Waals surface area (Å²) >= 11 is 0. The van der Waals surface area contributed by atoms with Gasteiger partial charge in [0.05, 0.1) is 0 Å². The average molecular weight is 258 g/mol. The first-order valence-electron chi connectivity index (χ1n) is 6.39. The number of nitrogens with one attached hydrogen (secondary N) is 1. The van der Waals surface area contributed by atoms with Crippen molar-refractivity contribution < 1.29 is 19.8 Å². The van der Waals surface area contributed by atoms with Crippen molar-refractivity contribution in [2.24, 2.45) is 0 Å². The Labute approximate surface area is 107 Å². The molecule has 18 heavy (non-hydrogen) atoms. The molecule has 0 bridgehead atoms. The summed E-state index contributed by atoms with van der Waals surface area (Å²) in [5, 5.41) is 20.2. The van der Waals surface area contributed by atoms with Crippen molar-refractivity contribution in [2.75, 3.05) is 6.61 Å². The first kappa shape index (κ1) is 14.8. The number of piperidine rings is 1. The fraction of sp³-hybridized carbons (Fsp3) is 0.833. The highest BCUT2D eigenvalue weighted by molar-refractivity contribution is 5.82. The van der Waals surface area contributed by atoms with Crippen molar-refractivity contribution in [1.82, 2.24) is 10.2 Å². The Hall–Kier alpha value is -1.30. The van der Waals surface area contributed by atoms with Gasteiger partial charge in [-0.05, 0) is 33.1 Å². The molecule has 3 unspecified atom stereocenters. The molecule has 1 aliphatic heterocycles. The maximum absolute atomic E-state index is 12.1. The van der Waals surface area contributed by atoms with Crippen LogP contribution in [-0.2, 0) is 4.79 Å². The van der Waals surface area contributed by atoms with E-state index >= 15 is 0 Å². The third-order valence-corrected chi connectivity index (χ3v) is 3.44. The average Bonchev–Trinajstić information content (AvgIpc) is 2.28. The van der Waals surface area contributed by atoms with Crippen LogP contribution in [0.1, 0.15) is 39.5 Å². The van der Waals surface area contributed by atoms with Crippen LogP contribution in [0.25, 0.3) is 0 Å². The van der Waals surface area contributed by atoms with Gasteiger partial charge in [0.15, 0.2) is 0 Å². The predicted molar refractivity (Wildman–Crippen MR) is 66.3 cm³/mol.